The van der Waals surface area contributed by atoms with E-state index in [1.54, 1.807) is 7.11 Å². The molecular formula is C15H32N2O. The summed E-state index contributed by atoms with van der Waals surface area (Å²) in [5.41, 5.74) is 5.94. The SMILES string of the molecule is CCN(C1CCCCC1)C(CN)CC(C)(C)OC. The van der Waals surface area contributed by atoms with Gasteiger partial charge in [0.1, 0.15) is 0 Å². The van der Waals surface area contributed by atoms with E-state index in [0.717, 1.165) is 25.6 Å². The van der Waals surface area contributed by atoms with Gasteiger partial charge < -0.3 is 10.5 Å². The third-order valence-electron chi connectivity index (χ3n) is 4.43. The summed E-state index contributed by atoms with van der Waals surface area (Å²) >= 11 is 0. The summed E-state index contributed by atoms with van der Waals surface area (Å²) in [6, 6.07) is 1.19. The quantitative estimate of drug-likeness (QED) is 0.761. The van der Waals surface area contributed by atoms with Crippen molar-refractivity contribution in [3.8, 4) is 0 Å². The molecule has 2 N–H and O–H groups in total. The maximum absolute atomic E-state index is 6.02. The zero-order chi connectivity index (χ0) is 13.6. The van der Waals surface area contributed by atoms with Crippen molar-refractivity contribution < 1.29 is 4.74 Å². The van der Waals surface area contributed by atoms with E-state index in [2.05, 4.69) is 25.7 Å². The average molecular weight is 256 g/mol. The van der Waals surface area contributed by atoms with Crippen LogP contribution in [0.1, 0.15) is 59.3 Å². The molecule has 1 unspecified atom stereocenters. The Morgan fingerprint density at radius 2 is 1.89 bits per heavy atom. The Balaban J connectivity index is 2.64. The standard InChI is InChI=1S/C15H32N2O/c1-5-17(13-9-7-6-8-10-13)14(12-16)11-15(2,3)18-4/h13-14H,5-12,16H2,1-4H3. The van der Waals surface area contributed by atoms with Gasteiger partial charge >= 0.3 is 0 Å². The summed E-state index contributed by atoms with van der Waals surface area (Å²) < 4.78 is 5.57. The van der Waals surface area contributed by atoms with Crippen LogP contribution in [0.25, 0.3) is 0 Å². The van der Waals surface area contributed by atoms with Crippen LogP contribution in [-0.2, 0) is 4.74 Å². The summed E-state index contributed by atoms with van der Waals surface area (Å²) in [6.45, 7) is 8.41. The molecule has 0 aliphatic heterocycles. The maximum Gasteiger partial charge on any atom is 0.0638 e. The molecule has 0 aromatic heterocycles. The van der Waals surface area contributed by atoms with Gasteiger partial charge in [0.25, 0.3) is 0 Å². The number of hydrogen-bond acceptors (Lipinski definition) is 3. The van der Waals surface area contributed by atoms with Crippen LogP contribution in [0.3, 0.4) is 0 Å². The Labute approximate surface area is 113 Å². The lowest BCUT2D eigenvalue weighted by Gasteiger charge is -2.41. The molecule has 0 heterocycles. The number of nitrogens with two attached hydrogens (primary N) is 1. The van der Waals surface area contributed by atoms with Crippen LogP contribution >= 0.6 is 0 Å². The van der Waals surface area contributed by atoms with E-state index in [9.17, 15) is 0 Å². The molecule has 1 rings (SSSR count). The van der Waals surface area contributed by atoms with Gasteiger partial charge in [0, 0.05) is 25.7 Å². The first-order valence-corrected chi connectivity index (χ1v) is 7.55. The van der Waals surface area contributed by atoms with Crippen molar-refractivity contribution in [3.63, 3.8) is 0 Å². The van der Waals surface area contributed by atoms with Crippen molar-refractivity contribution in [1.82, 2.24) is 4.90 Å². The van der Waals surface area contributed by atoms with Crippen LogP contribution < -0.4 is 5.73 Å². The van der Waals surface area contributed by atoms with Gasteiger partial charge in [-0.05, 0) is 39.7 Å². The van der Waals surface area contributed by atoms with Gasteiger partial charge in [-0.1, -0.05) is 26.2 Å². The van der Waals surface area contributed by atoms with E-state index in [0.29, 0.717) is 6.04 Å². The highest BCUT2D eigenvalue weighted by Gasteiger charge is 2.30. The second-order valence-electron chi connectivity index (χ2n) is 6.18. The predicted molar refractivity (Wildman–Crippen MR) is 77.8 cm³/mol. The smallest absolute Gasteiger partial charge is 0.0638 e. The second kappa shape index (κ2) is 7.46. The number of methoxy groups -OCH3 is 1. The van der Waals surface area contributed by atoms with Gasteiger partial charge in [-0.25, -0.2) is 0 Å². The van der Waals surface area contributed by atoms with Gasteiger partial charge in [-0.3, -0.25) is 4.90 Å². The molecule has 1 fully saturated rings. The van der Waals surface area contributed by atoms with Crippen LogP contribution in [-0.4, -0.2) is 42.8 Å². The number of rotatable bonds is 7. The van der Waals surface area contributed by atoms with E-state index in [1.807, 2.05) is 0 Å². The molecule has 0 spiro atoms. The Morgan fingerprint density at radius 3 is 2.33 bits per heavy atom. The third kappa shape index (κ3) is 4.52. The third-order valence-corrected chi connectivity index (χ3v) is 4.43. The molecule has 0 aromatic carbocycles. The first-order chi connectivity index (χ1) is 8.54. The summed E-state index contributed by atoms with van der Waals surface area (Å²) in [5.74, 6) is 0. The van der Waals surface area contributed by atoms with Crippen molar-refractivity contribution in [2.45, 2.75) is 77.0 Å². The fraction of sp³-hybridized carbons (Fsp3) is 1.00. The first-order valence-electron chi connectivity index (χ1n) is 7.55. The average Bonchev–Trinajstić information content (AvgIpc) is 2.39. The summed E-state index contributed by atoms with van der Waals surface area (Å²) in [4.78, 5) is 2.62. The molecule has 1 aliphatic rings. The molecular weight excluding hydrogens is 224 g/mol. The van der Waals surface area contributed by atoms with E-state index in [1.165, 1.54) is 32.1 Å². The van der Waals surface area contributed by atoms with Crippen molar-refractivity contribution in [2.24, 2.45) is 5.73 Å². The van der Waals surface area contributed by atoms with Gasteiger partial charge in [-0.2, -0.15) is 0 Å². The molecule has 3 nitrogen and oxygen atoms in total. The fourth-order valence-electron chi connectivity index (χ4n) is 3.21. The lowest BCUT2D eigenvalue weighted by Crippen LogP contribution is -2.50. The fourth-order valence-corrected chi connectivity index (χ4v) is 3.21. The van der Waals surface area contributed by atoms with E-state index in [-0.39, 0.29) is 5.60 Å². The molecule has 1 saturated carbocycles. The summed E-state index contributed by atoms with van der Waals surface area (Å²) in [6.07, 6.45) is 7.88. The minimum atomic E-state index is -0.0773. The lowest BCUT2D eigenvalue weighted by molar-refractivity contribution is -0.0162. The summed E-state index contributed by atoms with van der Waals surface area (Å²) in [7, 11) is 1.80. The van der Waals surface area contributed by atoms with Crippen LogP contribution in [0.15, 0.2) is 0 Å². The van der Waals surface area contributed by atoms with Gasteiger partial charge in [0.05, 0.1) is 5.60 Å². The molecule has 0 amide bonds. The van der Waals surface area contributed by atoms with Gasteiger partial charge in [-0.15, -0.1) is 0 Å². The molecule has 1 aliphatic carbocycles. The van der Waals surface area contributed by atoms with Crippen molar-refractivity contribution in [3.05, 3.63) is 0 Å². The highest BCUT2D eigenvalue weighted by Crippen LogP contribution is 2.27. The van der Waals surface area contributed by atoms with E-state index >= 15 is 0 Å². The zero-order valence-electron chi connectivity index (χ0n) is 12.7. The summed E-state index contributed by atoms with van der Waals surface area (Å²) in [5, 5.41) is 0. The molecule has 0 radical (unpaired) electrons. The number of ether oxygens (including phenoxy) is 1. The van der Waals surface area contributed by atoms with Gasteiger partial charge in [0.15, 0.2) is 0 Å². The molecule has 0 saturated heterocycles. The highest BCUT2D eigenvalue weighted by molar-refractivity contribution is 4.86. The minimum absolute atomic E-state index is 0.0773. The van der Waals surface area contributed by atoms with Crippen LogP contribution in [0, 0.1) is 0 Å². The largest absolute Gasteiger partial charge is 0.379 e. The molecule has 0 bridgehead atoms. The molecule has 18 heavy (non-hydrogen) atoms. The zero-order valence-corrected chi connectivity index (χ0v) is 12.7. The Kier molecular flexibility index (Phi) is 6.61. The van der Waals surface area contributed by atoms with Crippen molar-refractivity contribution >= 4 is 0 Å². The Bertz CT molecular complexity index is 225. The number of nitrogens with zero attached hydrogens (tertiary/aromatic N) is 1. The van der Waals surface area contributed by atoms with E-state index in [4.69, 9.17) is 10.5 Å². The Hall–Kier alpha value is -0.120. The topological polar surface area (TPSA) is 38.5 Å². The first kappa shape index (κ1) is 15.9. The maximum atomic E-state index is 6.02. The number of hydrogen-bond donors (Lipinski definition) is 1. The molecule has 108 valence electrons. The van der Waals surface area contributed by atoms with E-state index < -0.39 is 0 Å². The highest BCUT2D eigenvalue weighted by atomic mass is 16.5. The minimum Gasteiger partial charge on any atom is -0.379 e. The second-order valence-corrected chi connectivity index (χ2v) is 6.18. The monoisotopic (exact) mass is 256 g/mol. The van der Waals surface area contributed by atoms with Crippen molar-refractivity contribution in [1.29, 1.82) is 0 Å². The van der Waals surface area contributed by atoms with Gasteiger partial charge in [0.2, 0.25) is 0 Å². The van der Waals surface area contributed by atoms with Crippen LogP contribution in [0.2, 0.25) is 0 Å². The molecule has 0 aromatic rings. The lowest BCUT2D eigenvalue weighted by atomic mass is 9.90. The van der Waals surface area contributed by atoms with Crippen molar-refractivity contribution in [2.75, 3.05) is 20.2 Å². The predicted octanol–water partition coefficient (Wildman–Crippen LogP) is 2.78. The normalized spacial score (nSPS) is 20.3. The molecule has 1 atom stereocenters. The number of likely N-dealkylation sites (N-methyl/N-ethyl adjacent to an activating group) is 1. The Morgan fingerprint density at radius 1 is 1.28 bits per heavy atom. The van der Waals surface area contributed by atoms with Crippen LogP contribution in [0.4, 0.5) is 0 Å². The molecule has 3 heteroatoms. The van der Waals surface area contributed by atoms with Crippen LogP contribution in [0.5, 0.6) is 0 Å².